The van der Waals surface area contributed by atoms with Crippen molar-refractivity contribution in [2.75, 3.05) is 18.4 Å². The summed E-state index contributed by atoms with van der Waals surface area (Å²) in [4.78, 5) is 16.1. The van der Waals surface area contributed by atoms with Crippen molar-refractivity contribution in [3.8, 4) is 0 Å². The highest BCUT2D eigenvalue weighted by Crippen LogP contribution is 2.25. The number of hydrogen-bond acceptors (Lipinski definition) is 3. The summed E-state index contributed by atoms with van der Waals surface area (Å²) >= 11 is 0. The van der Waals surface area contributed by atoms with E-state index >= 15 is 0 Å². The second kappa shape index (κ2) is 7.96. The Kier molecular flexibility index (Phi) is 5.96. The lowest BCUT2D eigenvalue weighted by Gasteiger charge is -2.21. The van der Waals surface area contributed by atoms with Crippen LogP contribution in [0.3, 0.4) is 0 Å². The van der Waals surface area contributed by atoms with Crippen LogP contribution in [0.25, 0.3) is 0 Å². The molecule has 0 spiro atoms. The van der Waals surface area contributed by atoms with Crippen molar-refractivity contribution in [3.63, 3.8) is 0 Å². The van der Waals surface area contributed by atoms with Gasteiger partial charge in [0, 0.05) is 13.1 Å². The van der Waals surface area contributed by atoms with Gasteiger partial charge in [-0.15, -0.1) is 0 Å². The molecule has 0 radical (unpaired) electrons. The third-order valence-corrected chi connectivity index (χ3v) is 4.01. The van der Waals surface area contributed by atoms with Crippen LogP contribution >= 0.6 is 0 Å². The summed E-state index contributed by atoms with van der Waals surface area (Å²) in [7, 11) is 0. The summed E-state index contributed by atoms with van der Waals surface area (Å²) in [6.07, 6.45) is 8.60. The first-order valence-corrected chi connectivity index (χ1v) is 7.88. The molecule has 0 aromatic carbocycles. The SMILES string of the molecule is CCNc1ncc(F)cc1C(=O)NCCC1CCCCC1. The van der Waals surface area contributed by atoms with Crippen LogP contribution in [-0.2, 0) is 0 Å². The maximum atomic E-state index is 13.3. The van der Waals surface area contributed by atoms with Gasteiger partial charge in [0.25, 0.3) is 5.91 Å². The molecule has 1 aromatic heterocycles. The van der Waals surface area contributed by atoms with E-state index in [1.807, 2.05) is 6.92 Å². The minimum Gasteiger partial charge on any atom is -0.370 e. The summed E-state index contributed by atoms with van der Waals surface area (Å²) < 4.78 is 13.3. The van der Waals surface area contributed by atoms with Crippen LogP contribution < -0.4 is 10.6 Å². The Hall–Kier alpha value is -1.65. The fourth-order valence-electron chi connectivity index (χ4n) is 2.88. The molecule has 21 heavy (non-hydrogen) atoms. The molecule has 1 aliphatic rings. The van der Waals surface area contributed by atoms with Gasteiger partial charge < -0.3 is 10.6 Å². The normalized spacial score (nSPS) is 15.7. The zero-order chi connectivity index (χ0) is 15.1. The lowest BCUT2D eigenvalue weighted by Crippen LogP contribution is -2.27. The average Bonchev–Trinajstić information content (AvgIpc) is 2.50. The van der Waals surface area contributed by atoms with E-state index < -0.39 is 5.82 Å². The summed E-state index contributed by atoms with van der Waals surface area (Å²) in [6.45, 7) is 3.20. The fourth-order valence-corrected chi connectivity index (χ4v) is 2.88. The number of carbonyl (C=O) groups is 1. The van der Waals surface area contributed by atoms with Crippen LogP contribution in [0.5, 0.6) is 0 Å². The summed E-state index contributed by atoms with van der Waals surface area (Å²) in [6, 6.07) is 1.24. The molecule has 1 saturated carbocycles. The number of aromatic nitrogens is 1. The molecule has 1 aliphatic carbocycles. The second-order valence-electron chi connectivity index (χ2n) is 5.63. The Morgan fingerprint density at radius 3 is 2.86 bits per heavy atom. The lowest BCUT2D eigenvalue weighted by atomic mass is 9.87. The molecule has 0 bridgehead atoms. The molecule has 0 unspecified atom stereocenters. The van der Waals surface area contributed by atoms with Crippen LogP contribution in [0.4, 0.5) is 10.2 Å². The summed E-state index contributed by atoms with van der Waals surface area (Å²) in [5.41, 5.74) is 0.278. The van der Waals surface area contributed by atoms with E-state index in [0.717, 1.165) is 18.5 Å². The van der Waals surface area contributed by atoms with Gasteiger partial charge in [-0.1, -0.05) is 32.1 Å². The van der Waals surface area contributed by atoms with Gasteiger partial charge in [0.1, 0.15) is 11.6 Å². The van der Waals surface area contributed by atoms with Crippen LogP contribution in [0.15, 0.2) is 12.3 Å². The monoisotopic (exact) mass is 293 g/mol. The van der Waals surface area contributed by atoms with E-state index in [9.17, 15) is 9.18 Å². The third kappa shape index (κ3) is 4.69. The predicted octanol–water partition coefficient (Wildman–Crippen LogP) is 3.35. The minimum atomic E-state index is -0.492. The highest BCUT2D eigenvalue weighted by atomic mass is 19.1. The van der Waals surface area contributed by atoms with E-state index in [-0.39, 0.29) is 11.5 Å². The molecule has 1 fully saturated rings. The first-order valence-electron chi connectivity index (χ1n) is 7.88. The zero-order valence-corrected chi connectivity index (χ0v) is 12.6. The Balaban J connectivity index is 1.88. The van der Waals surface area contributed by atoms with Gasteiger partial charge >= 0.3 is 0 Å². The minimum absolute atomic E-state index is 0.256. The van der Waals surface area contributed by atoms with E-state index in [0.29, 0.717) is 18.9 Å². The van der Waals surface area contributed by atoms with E-state index in [1.54, 1.807) is 0 Å². The highest BCUT2D eigenvalue weighted by Gasteiger charge is 2.16. The van der Waals surface area contributed by atoms with E-state index in [1.165, 1.54) is 38.2 Å². The Morgan fingerprint density at radius 2 is 2.14 bits per heavy atom. The molecule has 5 heteroatoms. The summed E-state index contributed by atoms with van der Waals surface area (Å²) in [5, 5.41) is 5.87. The number of amides is 1. The molecule has 0 aliphatic heterocycles. The van der Waals surface area contributed by atoms with Gasteiger partial charge in [-0.2, -0.15) is 0 Å². The number of nitrogens with one attached hydrogen (secondary N) is 2. The lowest BCUT2D eigenvalue weighted by molar-refractivity contribution is 0.0950. The van der Waals surface area contributed by atoms with Crippen molar-refractivity contribution in [2.45, 2.75) is 45.4 Å². The molecule has 0 saturated heterocycles. The molecule has 2 N–H and O–H groups in total. The number of nitrogens with zero attached hydrogens (tertiary/aromatic N) is 1. The predicted molar refractivity (Wildman–Crippen MR) is 81.9 cm³/mol. The molecule has 4 nitrogen and oxygen atoms in total. The van der Waals surface area contributed by atoms with Gasteiger partial charge in [-0.05, 0) is 25.3 Å². The van der Waals surface area contributed by atoms with Gasteiger partial charge in [0.15, 0.2) is 0 Å². The molecular weight excluding hydrogens is 269 g/mol. The second-order valence-corrected chi connectivity index (χ2v) is 5.63. The van der Waals surface area contributed by atoms with Crippen LogP contribution in [-0.4, -0.2) is 24.0 Å². The fraction of sp³-hybridized carbons (Fsp3) is 0.625. The van der Waals surface area contributed by atoms with Crippen molar-refractivity contribution in [2.24, 2.45) is 5.92 Å². The maximum Gasteiger partial charge on any atom is 0.255 e. The highest BCUT2D eigenvalue weighted by molar-refractivity contribution is 5.98. The molecule has 0 atom stereocenters. The van der Waals surface area contributed by atoms with Gasteiger partial charge in [-0.25, -0.2) is 9.37 Å². The van der Waals surface area contributed by atoms with Crippen molar-refractivity contribution < 1.29 is 9.18 Å². The van der Waals surface area contributed by atoms with Crippen LogP contribution in [0.1, 0.15) is 55.8 Å². The maximum absolute atomic E-state index is 13.3. The van der Waals surface area contributed by atoms with Crippen LogP contribution in [0.2, 0.25) is 0 Å². The molecule has 1 amide bonds. The topological polar surface area (TPSA) is 54.0 Å². The van der Waals surface area contributed by atoms with Gasteiger partial charge in [0.2, 0.25) is 0 Å². The molecule has 1 aromatic rings. The Bertz CT molecular complexity index is 473. The number of anilines is 1. The molecule has 2 rings (SSSR count). The zero-order valence-electron chi connectivity index (χ0n) is 12.6. The largest absolute Gasteiger partial charge is 0.370 e. The number of halogens is 1. The average molecular weight is 293 g/mol. The van der Waals surface area contributed by atoms with Crippen molar-refractivity contribution >= 4 is 11.7 Å². The van der Waals surface area contributed by atoms with Gasteiger partial charge in [-0.3, -0.25) is 4.79 Å². The standard InChI is InChI=1S/C16H24FN3O/c1-2-18-15-14(10-13(17)11-20-15)16(21)19-9-8-12-6-4-3-5-7-12/h10-12H,2-9H2,1H3,(H,18,20)(H,19,21). The van der Waals surface area contributed by atoms with Crippen molar-refractivity contribution in [3.05, 3.63) is 23.6 Å². The Labute approximate surface area is 125 Å². The van der Waals surface area contributed by atoms with Crippen LogP contribution in [0, 0.1) is 11.7 Å². The smallest absolute Gasteiger partial charge is 0.255 e. The van der Waals surface area contributed by atoms with Gasteiger partial charge in [0.05, 0.1) is 11.8 Å². The molecular formula is C16H24FN3O. The van der Waals surface area contributed by atoms with E-state index in [2.05, 4.69) is 15.6 Å². The number of hydrogen-bond donors (Lipinski definition) is 2. The number of rotatable bonds is 6. The van der Waals surface area contributed by atoms with E-state index in [4.69, 9.17) is 0 Å². The first-order chi connectivity index (χ1) is 10.2. The summed E-state index contributed by atoms with van der Waals surface area (Å²) in [5.74, 6) is 0.412. The molecule has 1 heterocycles. The quantitative estimate of drug-likeness (QED) is 0.845. The number of pyridine rings is 1. The molecule has 116 valence electrons. The Morgan fingerprint density at radius 1 is 1.38 bits per heavy atom. The van der Waals surface area contributed by atoms with Crippen molar-refractivity contribution in [1.29, 1.82) is 0 Å². The third-order valence-electron chi connectivity index (χ3n) is 4.01. The van der Waals surface area contributed by atoms with Crippen molar-refractivity contribution in [1.82, 2.24) is 10.3 Å². The first kappa shape index (κ1) is 15.7. The number of carbonyl (C=O) groups excluding carboxylic acids is 1.